The number of hydrogen-bond donors (Lipinski definition) is 1. The minimum atomic E-state index is -0.222. The Balaban J connectivity index is 2.11. The van der Waals surface area contributed by atoms with E-state index < -0.39 is 0 Å². The van der Waals surface area contributed by atoms with Gasteiger partial charge in [0.25, 0.3) is 0 Å². The molecule has 21 heavy (non-hydrogen) atoms. The van der Waals surface area contributed by atoms with Crippen molar-refractivity contribution in [3.05, 3.63) is 35.9 Å². The summed E-state index contributed by atoms with van der Waals surface area (Å²) in [6, 6.07) is 11.1. The topological polar surface area (TPSA) is 15.3 Å². The Morgan fingerprint density at radius 1 is 1.33 bits per heavy atom. The number of rotatable bonds is 6. The Kier molecular flexibility index (Phi) is 5.77. The number of benzene rings is 1. The number of alkyl halides is 1. The highest BCUT2D eigenvalue weighted by Crippen LogP contribution is 2.28. The second kappa shape index (κ2) is 7.37. The van der Waals surface area contributed by atoms with E-state index in [1.54, 1.807) is 0 Å². The molecule has 0 aromatic heterocycles. The van der Waals surface area contributed by atoms with E-state index in [0.29, 0.717) is 18.4 Å². The first-order valence-electron chi connectivity index (χ1n) is 8.16. The van der Waals surface area contributed by atoms with Crippen LogP contribution in [0.2, 0.25) is 0 Å². The van der Waals surface area contributed by atoms with Crippen molar-refractivity contribution in [1.82, 2.24) is 10.2 Å². The highest BCUT2D eigenvalue weighted by atomic mass is 19.1. The van der Waals surface area contributed by atoms with Gasteiger partial charge in [-0.05, 0) is 31.2 Å². The van der Waals surface area contributed by atoms with Gasteiger partial charge >= 0.3 is 0 Å². The van der Waals surface area contributed by atoms with Crippen molar-refractivity contribution in [2.45, 2.75) is 45.2 Å². The summed E-state index contributed by atoms with van der Waals surface area (Å²) in [5, 5.41) is 3.74. The van der Waals surface area contributed by atoms with E-state index in [1.165, 1.54) is 12.0 Å². The van der Waals surface area contributed by atoms with Crippen molar-refractivity contribution in [3.63, 3.8) is 0 Å². The molecule has 2 rings (SSSR count). The summed E-state index contributed by atoms with van der Waals surface area (Å²) in [7, 11) is 0. The second-order valence-electron chi connectivity index (χ2n) is 6.88. The van der Waals surface area contributed by atoms with E-state index in [2.05, 4.69) is 61.3 Å². The Labute approximate surface area is 128 Å². The van der Waals surface area contributed by atoms with E-state index in [-0.39, 0.29) is 12.2 Å². The lowest BCUT2D eigenvalue weighted by atomic mass is 9.86. The van der Waals surface area contributed by atoms with Gasteiger partial charge in [0.15, 0.2) is 0 Å². The number of hydrogen-bond acceptors (Lipinski definition) is 2. The van der Waals surface area contributed by atoms with Gasteiger partial charge in [-0.15, -0.1) is 0 Å². The monoisotopic (exact) mass is 292 g/mol. The van der Waals surface area contributed by atoms with E-state index in [4.69, 9.17) is 0 Å². The first-order chi connectivity index (χ1) is 10.0. The van der Waals surface area contributed by atoms with Gasteiger partial charge in [-0.25, -0.2) is 0 Å². The molecule has 1 aromatic rings. The maximum atomic E-state index is 12.6. The molecule has 3 heteroatoms. The molecule has 118 valence electrons. The number of nitrogens with zero attached hydrogens (tertiary/aromatic N) is 1. The molecule has 1 aliphatic heterocycles. The molecular weight excluding hydrogens is 263 g/mol. The molecule has 1 N–H and O–H groups in total. The van der Waals surface area contributed by atoms with E-state index in [0.717, 1.165) is 19.6 Å². The standard InChI is InChI=1S/C18H29FN2/c1-15(2)12-17-13-20-18(3,14-21(17)11-7-10-19)16-8-5-4-6-9-16/h4-6,8-9,15,17,20H,7,10-14H2,1-3H3. The predicted molar refractivity (Wildman–Crippen MR) is 87.2 cm³/mol. The maximum Gasteiger partial charge on any atom is 0.0906 e. The molecule has 2 unspecified atom stereocenters. The average molecular weight is 292 g/mol. The first-order valence-corrected chi connectivity index (χ1v) is 8.16. The first kappa shape index (κ1) is 16.4. The normalized spacial score (nSPS) is 27.2. The van der Waals surface area contributed by atoms with Crippen molar-refractivity contribution in [2.75, 3.05) is 26.3 Å². The fourth-order valence-electron chi connectivity index (χ4n) is 3.36. The molecular formula is C18H29FN2. The molecule has 1 saturated heterocycles. The Morgan fingerprint density at radius 2 is 2.05 bits per heavy atom. The van der Waals surface area contributed by atoms with E-state index in [9.17, 15) is 4.39 Å². The van der Waals surface area contributed by atoms with Crippen molar-refractivity contribution in [3.8, 4) is 0 Å². The van der Waals surface area contributed by atoms with Crippen LogP contribution in [-0.4, -0.2) is 37.3 Å². The van der Waals surface area contributed by atoms with Gasteiger partial charge in [0.2, 0.25) is 0 Å². The molecule has 1 aromatic carbocycles. The molecule has 1 fully saturated rings. The van der Waals surface area contributed by atoms with Crippen molar-refractivity contribution in [1.29, 1.82) is 0 Å². The molecule has 0 aliphatic carbocycles. The largest absolute Gasteiger partial charge is 0.305 e. The predicted octanol–water partition coefficient (Wildman–Crippen LogP) is 3.58. The lowest BCUT2D eigenvalue weighted by Gasteiger charge is -2.47. The molecule has 2 atom stereocenters. The second-order valence-corrected chi connectivity index (χ2v) is 6.88. The van der Waals surface area contributed by atoms with Gasteiger partial charge in [-0.2, -0.15) is 0 Å². The van der Waals surface area contributed by atoms with E-state index in [1.807, 2.05) is 0 Å². The Bertz CT molecular complexity index is 420. The van der Waals surface area contributed by atoms with Crippen LogP contribution in [0.25, 0.3) is 0 Å². The third-order valence-electron chi connectivity index (χ3n) is 4.50. The molecule has 0 spiro atoms. The van der Waals surface area contributed by atoms with Crippen molar-refractivity contribution in [2.24, 2.45) is 5.92 Å². The van der Waals surface area contributed by atoms with Gasteiger partial charge in [0.1, 0.15) is 0 Å². The fourth-order valence-corrected chi connectivity index (χ4v) is 3.36. The summed E-state index contributed by atoms with van der Waals surface area (Å²) in [5.41, 5.74) is 1.28. The smallest absolute Gasteiger partial charge is 0.0906 e. The molecule has 0 radical (unpaired) electrons. The maximum absolute atomic E-state index is 12.6. The average Bonchev–Trinajstić information content (AvgIpc) is 2.48. The summed E-state index contributed by atoms with van der Waals surface area (Å²) in [6.45, 7) is 9.36. The van der Waals surface area contributed by atoms with Gasteiger partial charge < -0.3 is 5.32 Å². The van der Waals surface area contributed by atoms with Crippen LogP contribution in [0.5, 0.6) is 0 Å². The number of nitrogens with one attached hydrogen (secondary N) is 1. The lowest BCUT2D eigenvalue weighted by Crippen LogP contribution is -2.61. The van der Waals surface area contributed by atoms with Gasteiger partial charge in [0.05, 0.1) is 12.2 Å². The van der Waals surface area contributed by atoms with Crippen LogP contribution >= 0.6 is 0 Å². The van der Waals surface area contributed by atoms with Crippen LogP contribution in [0, 0.1) is 5.92 Å². The summed E-state index contributed by atoms with van der Waals surface area (Å²) in [5.74, 6) is 0.672. The minimum Gasteiger partial charge on any atom is -0.305 e. The highest BCUT2D eigenvalue weighted by Gasteiger charge is 2.36. The lowest BCUT2D eigenvalue weighted by molar-refractivity contribution is 0.0710. The van der Waals surface area contributed by atoms with Crippen LogP contribution in [0.15, 0.2) is 30.3 Å². The summed E-state index contributed by atoms with van der Waals surface area (Å²) in [6.07, 6.45) is 1.81. The van der Waals surface area contributed by atoms with Crippen LogP contribution in [0.3, 0.4) is 0 Å². The number of piperazine rings is 1. The Morgan fingerprint density at radius 3 is 2.67 bits per heavy atom. The Hall–Kier alpha value is -0.930. The van der Waals surface area contributed by atoms with E-state index >= 15 is 0 Å². The highest BCUT2D eigenvalue weighted by molar-refractivity contribution is 5.25. The molecule has 0 bridgehead atoms. The molecule has 0 amide bonds. The van der Waals surface area contributed by atoms with Gasteiger partial charge in [-0.1, -0.05) is 44.2 Å². The molecule has 2 nitrogen and oxygen atoms in total. The molecule has 0 saturated carbocycles. The van der Waals surface area contributed by atoms with Crippen LogP contribution in [0.1, 0.15) is 39.2 Å². The zero-order chi connectivity index (χ0) is 15.3. The fraction of sp³-hybridized carbons (Fsp3) is 0.667. The summed E-state index contributed by atoms with van der Waals surface area (Å²) in [4.78, 5) is 2.49. The van der Waals surface area contributed by atoms with Gasteiger partial charge in [0, 0.05) is 25.7 Å². The quantitative estimate of drug-likeness (QED) is 0.862. The third kappa shape index (κ3) is 4.27. The van der Waals surface area contributed by atoms with Crippen LogP contribution < -0.4 is 5.32 Å². The van der Waals surface area contributed by atoms with Crippen molar-refractivity contribution >= 4 is 0 Å². The third-order valence-corrected chi connectivity index (χ3v) is 4.50. The SMILES string of the molecule is CC(C)CC1CNC(C)(c2ccccc2)CN1CCCF. The molecule has 1 aliphatic rings. The summed E-state index contributed by atoms with van der Waals surface area (Å²) >= 11 is 0. The molecule has 1 heterocycles. The van der Waals surface area contributed by atoms with Crippen LogP contribution in [0.4, 0.5) is 4.39 Å². The van der Waals surface area contributed by atoms with Crippen LogP contribution in [-0.2, 0) is 5.54 Å². The zero-order valence-corrected chi connectivity index (χ0v) is 13.6. The van der Waals surface area contributed by atoms with Gasteiger partial charge in [-0.3, -0.25) is 9.29 Å². The number of halogens is 1. The van der Waals surface area contributed by atoms with Crippen molar-refractivity contribution < 1.29 is 4.39 Å². The zero-order valence-electron chi connectivity index (χ0n) is 13.6. The summed E-state index contributed by atoms with van der Waals surface area (Å²) < 4.78 is 12.6. The minimum absolute atomic E-state index is 0.0367.